The Morgan fingerprint density at radius 3 is 2.60 bits per heavy atom. The van der Waals surface area contributed by atoms with Gasteiger partial charge in [0.2, 0.25) is 5.96 Å². The summed E-state index contributed by atoms with van der Waals surface area (Å²) in [6.07, 6.45) is 11.9. The zero-order valence-electron chi connectivity index (χ0n) is 18.4. The average Bonchev–Trinajstić information content (AvgIpc) is 2.75. The van der Waals surface area contributed by atoms with E-state index in [2.05, 4.69) is 48.7 Å². The number of hydrogen-bond donors (Lipinski definition) is 1. The molecule has 0 amide bonds. The van der Waals surface area contributed by atoms with Gasteiger partial charge < -0.3 is 5.32 Å². The molecule has 0 unspecified atom stereocenters. The van der Waals surface area contributed by atoms with Gasteiger partial charge in [0.1, 0.15) is 0 Å². The fraction of sp³-hybridized carbons (Fsp3) is 0.320. The lowest BCUT2D eigenvalue weighted by Gasteiger charge is -2.15. The number of hydrogen-bond acceptors (Lipinski definition) is 2. The lowest BCUT2D eigenvalue weighted by molar-refractivity contribution is 0.792. The first-order valence-corrected chi connectivity index (χ1v) is 10.7. The summed E-state index contributed by atoms with van der Waals surface area (Å²) in [5.74, 6) is 0.521. The maximum Gasteiger partial charge on any atom is 0.222 e. The number of halogens is 1. The molecule has 0 bridgehead atoms. The summed E-state index contributed by atoms with van der Waals surface area (Å²) in [5.41, 5.74) is 6.18. The third-order valence-corrected chi connectivity index (χ3v) is 4.96. The van der Waals surface area contributed by atoms with Gasteiger partial charge in [-0.1, -0.05) is 49.2 Å². The predicted octanol–water partition coefficient (Wildman–Crippen LogP) is 7.18. The molecule has 1 aliphatic rings. The number of aliphatic imine (C=N–C) groups is 3. The minimum atomic E-state index is 0.521. The third-order valence-electron chi connectivity index (χ3n) is 4.71. The molecule has 2 rings (SSSR count). The molecular weight excluding hydrogens is 392 g/mol. The number of unbranched alkanes of at least 4 members (excludes halogenated alkanes) is 1. The molecule has 1 aromatic rings. The summed E-state index contributed by atoms with van der Waals surface area (Å²) < 4.78 is 0. The summed E-state index contributed by atoms with van der Waals surface area (Å²) in [7, 11) is 1.72. The van der Waals surface area contributed by atoms with Crippen molar-refractivity contribution in [2.24, 2.45) is 15.0 Å². The van der Waals surface area contributed by atoms with E-state index in [9.17, 15) is 0 Å². The van der Waals surface area contributed by atoms with Gasteiger partial charge in [0, 0.05) is 36.0 Å². The largest absolute Gasteiger partial charge is 0.324 e. The molecule has 1 N–H and O–H groups in total. The second-order valence-corrected chi connectivity index (χ2v) is 7.67. The van der Waals surface area contributed by atoms with Gasteiger partial charge in [-0.25, -0.2) is 4.99 Å². The second-order valence-electron chi connectivity index (χ2n) is 7.24. The van der Waals surface area contributed by atoms with Crippen LogP contribution in [0.1, 0.15) is 46.5 Å². The van der Waals surface area contributed by atoms with Crippen molar-refractivity contribution in [2.45, 2.75) is 46.5 Å². The zero-order chi connectivity index (χ0) is 21.9. The highest BCUT2D eigenvalue weighted by molar-refractivity contribution is 6.51. The molecule has 0 fully saturated rings. The van der Waals surface area contributed by atoms with Crippen LogP contribution < -0.4 is 5.32 Å². The standard InChI is InChI=1S/C25H31ClN4/c1-6-8-10-20(18(3)4)17-19(7-2)24-23(11-9-16-28-24)30-25(27-5)29-22-14-12-21(26)13-15-22/h7,9,12-17H,2,6,8,10-11H2,1,3-5H3,(H,27,29)/b19-17+,30-23+. The van der Waals surface area contributed by atoms with E-state index in [1.807, 2.05) is 42.6 Å². The first kappa shape index (κ1) is 23.6. The molecule has 1 aromatic carbocycles. The van der Waals surface area contributed by atoms with Crippen LogP contribution in [0.2, 0.25) is 5.02 Å². The van der Waals surface area contributed by atoms with E-state index < -0.39 is 0 Å². The molecule has 0 aliphatic carbocycles. The number of benzene rings is 1. The van der Waals surface area contributed by atoms with Gasteiger partial charge in [-0.15, -0.1) is 0 Å². The van der Waals surface area contributed by atoms with Crippen molar-refractivity contribution in [3.8, 4) is 0 Å². The maximum absolute atomic E-state index is 5.97. The summed E-state index contributed by atoms with van der Waals surface area (Å²) in [5, 5.41) is 3.93. The molecule has 0 saturated heterocycles. The maximum atomic E-state index is 5.97. The number of guanidine groups is 1. The van der Waals surface area contributed by atoms with Crippen LogP contribution in [-0.4, -0.2) is 24.4 Å². The molecule has 30 heavy (non-hydrogen) atoms. The molecule has 0 radical (unpaired) electrons. The summed E-state index contributed by atoms with van der Waals surface area (Å²) in [6.45, 7) is 10.5. The van der Waals surface area contributed by atoms with Gasteiger partial charge in [0.15, 0.2) is 0 Å². The molecule has 0 saturated carbocycles. The van der Waals surface area contributed by atoms with Crippen molar-refractivity contribution in [3.05, 3.63) is 77.0 Å². The van der Waals surface area contributed by atoms with Gasteiger partial charge >= 0.3 is 0 Å². The van der Waals surface area contributed by atoms with Crippen molar-refractivity contribution in [1.29, 1.82) is 0 Å². The Bertz CT molecular complexity index is 924. The van der Waals surface area contributed by atoms with Crippen LogP contribution in [-0.2, 0) is 0 Å². The van der Waals surface area contributed by atoms with E-state index in [4.69, 9.17) is 16.6 Å². The Morgan fingerprint density at radius 1 is 1.27 bits per heavy atom. The van der Waals surface area contributed by atoms with Crippen molar-refractivity contribution in [2.75, 3.05) is 12.4 Å². The molecule has 158 valence electrons. The first-order valence-electron chi connectivity index (χ1n) is 10.3. The van der Waals surface area contributed by atoms with E-state index in [1.165, 1.54) is 11.1 Å². The minimum Gasteiger partial charge on any atom is -0.324 e. The van der Waals surface area contributed by atoms with Crippen molar-refractivity contribution >= 4 is 34.7 Å². The molecule has 4 nitrogen and oxygen atoms in total. The van der Waals surface area contributed by atoms with Crippen LogP contribution in [0.4, 0.5) is 5.69 Å². The highest BCUT2D eigenvalue weighted by Gasteiger charge is 2.16. The first-order chi connectivity index (χ1) is 14.5. The monoisotopic (exact) mass is 422 g/mol. The smallest absolute Gasteiger partial charge is 0.222 e. The highest BCUT2D eigenvalue weighted by Crippen LogP contribution is 2.20. The van der Waals surface area contributed by atoms with Crippen molar-refractivity contribution in [1.82, 2.24) is 0 Å². The number of nitrogens with zero attached hydrogens (tertiary/aromatic N) is 3. The fourth-order valence-electron chi connectivity index (χ4n) is 2.97. The highest BCUT2D eigenvalue weighted by atomic mass is 35.5. The number of anilines is 1. The lowest BCUT2D eigenvalue weighted by atomic mass is 9.96. The number of rotatable bonds is 7. The Hall–Kier alpha value is -2.72. The molecule has 1 aliphatic heterocycles. The summed E-state index contributed by atoms with van der Waals surface area (Å²) in [6, 6.07) is 7.45. The van der Waals surface area contributed by atoms with E-state index >= 15 is 0 Å². The number of nitrogens with one attached hydrogen (secondary N) is 1. The van der Waals surface area contributed by atoms with Crippen LogP contribution in [0.15, 0.2) is 87.0 Å². The zero-order valence-corrected chi connectivity index (χ0v) is 19.1. The molecule has 5 heteroatoms. The predicted molar refractivity (Wildman–Crippen MR) is 133 cm³/mol. The minimum absolute atomic E-state index is 0.521. The molecule has 0 aromatic heterocycles. The Morgan fingerprint density at radius 2 is 2.00 bits per heavy atom. The van der Waals surface area contributed by atoms with Crippen molar-refractivity contribution in [3.63, 3.8) is 0 Å². The SMILES string of the molecule is C=C/C(=C\C(CCCC)=C(C)C)C1=NC=CC/C1=N\C(=N/C)Nc1ccc(Cl)cc1. The molecule has 0 spiro atoms. The second kappa shape index (κ2) is 12.1. The molecule has 0 atom stereocenters. The third kappa shape index (κ3) is 6.96. The van der Waals surface area contributed by atoms with Gasteiger partial charge in [-0.2, -0.15) is 0 Å². The Kier molecular flexibility index (Phi) is 9.49. The van der Waals surface area contributed by atoms with Crippen LogP contribution in [0.3, 0.4) is 0 Å². The lowest BCUT2D eigenvalue weighted by Crippen LogP contribution is -2.21. The molecule has 1 heterocycles. The van der Waals surface area contributed by atoms with Gasteiger partial charge in [0.25, 0.3) is 0 Å². The van der Waals surface area contributed by atoms with Gasteiger partial charge in [-0.05, 0) is 62.6 Å². The Labute approximate surface area is 185 Å². The normalized spacial score (nSPS) is 15.8. The van der Waals surface area contributed by atoms with Gasteiger partial charge in [0.05, 0.1) is 11.4 Å². The van der Waals surface area contributed by atoms with Crippen LogP contribution >= 0.6 is 11.6 Å². The Balaban J connectivity index is 2.35. The van der Waals surface area contributed by atoms with Crippen LogP contribution in [0, 0.1) is 0 Å². The van der Waals surface area contributed by atoms with E-state index in [1.54, 1.807) is 7.05 Å². The van der Waals surface area contributed by atoms with E-state index in [-0.39, 0.29) is 0 Å². The number of allylic oxidation sites excluding steroid dienone is 6. The van der Waals surface area contributed by atoms with Crippen molar-refractivity contribution < 1.29 is 0 Å². The molecular formula is C25H31ClN4. The van der Waals surface area contributed by atoms with E-state index in [0.717, 1.165) is 41.9 Å². The fourth-order valence-corrected chi connectivity index (χ4v) is 3.10. The van der Waals surface area contributed by atoms with E-state index in [0.29, 0.717) is 17.4 Å². The van der Waals surface area contributed by atoms with Crippen LogP contribution in [0.25, 0.3) is 0 Å². The summed E-state index contributed by atoms with van der Waals surface area (Å²) >= 11 is 5.97. The van der Waals surface area contributed by atoms with Crippen LogP contribution in [0.5, 0.6) is 0 Å². The summed E-state index contributed by atoms with van der Waals surface area (Å²) in [4.78, 5) is 13.7. The van der Waals surface area contributed by atoms with Gasteiger partial charge in [-0.3, -0.25) is 9.98 Å². The average molecular weight is 423 g/mol. The quantitative estimate of drug-likeness (QED) is 0.282. The topological polar surface area (TPSA) is 49.1 Å².